The summed E-state index contributed by atoms with van der Waals surface area (Å²) < 4.78 is 4.53. The SMILES string of the molecule is COC(=O)Cc1c(C)cc(O)cc1Cl. The van der Waals surface area contributed by atoms with Crippen LogP contribution in [-0.4, -0.2) is 18.2 Å². The highest BCUT2D eigenvalue weighted by atomic mass is 35.5. The lowest BCUT2D eigenvalue weighted by molar-refractivity contribution is -0.139. The molecule has 0 heterocycles. The first-order valence-corrected chi connectivity index (χ1v) is 4.47. The predicted octanol–water partition coefficient (Wildman–Crippen LogP) is 2.07. The van der Waals surface area contributed by atoms with Crippen molar-refractivity contribution in [2.24, 2.45) is 0 Å². The van der Waals surface area contributed by atoms with Crippen molar-refractivity contribution in [2.75, 3.05) is 7.11 Å². The van der Waals surface area contributed by atoms with E-state index in [0.717, 1.165) is 5.56 Å². The molecule has 0 aliphatic rings. The largest absolute Gasteiger partial charge is 0.508 e. The Morgan fingerprint density at radius 3 is 2.71 bits per heavy atom. The molecule has 14 heavy (non-hydrogen) atoms. The minimum absolute atomic E-state index is 0.0983. The van der Waals surface area contributed by atoms with Gasteiger partial charge in [0, 0.05) is 5.02 Å². The van der Waals surface area contributed by atoms with Crippen molar-refractivity contribution in [2.45, 2.75) is 13.3 Å². The van der Waals surface area contributed by atoms with Gasteiger partial charge in [-0.15, -0.1) is 0 Å². The normalized spacial score (nSPS) is 9.93. The van der Waals surface area contributed by atoms with E-state index in [2.05, 4.69) is 4.74 Å². The molecule has 0 aliphatic carbocycles. The molecular formula is C10H11ClO3. The Hall–Kier alpha value is -1.22. The van der Waals surface area contributed by atoms with Gasteiger partial charge in [-0.1, -0.05) is 11.6 Å². The van der Waals surface area contributed by atoms with Gasteiger partial charge >= 0.3 is 5.97 Å². The van der Waals surface area contributed by atoms with E-state index < -0.39 is 0 Å². The molecule has 0 fully saturated rings. The number of hydrogen-bond acceptors (Lipinski definition) is 3. The van der Waals surface area contributed by atoms with Crippen molar-refractivity contribution in [3.05, 3.63) is 28.3 Å². The number of hydrogen-bond donors (Lipinski definition) is 1. The van der Waals surface area contributed by atoms with Gasteiger partial charge in [-0.05, 0) is 30.2 Å². The van der Waals surface area contributed by atoms with E-state index >= 15 is 0 Å². The van der Waals surface area contributed by atoms with Gasteiger partial charge in [-0.2, -0.15) is 0 Å². The van der Waals surface area contributed by atoms with E-state index in [9.17, 15) is 9.90 Å². The van der Waals surface area contributed by atoms with Gasteiger partial charge in [-0.3, -0.25) is 4.79 Å². The van der Waals surface area contributed by atoms with Crippen LogP contribution in [0.2, 0.25) is 5.02 Å². The number of esters is 1. The molecule has 0 aromatic heterocycles. The van der Waals surface area contributed by atoms with Crippen molar-refractivity contribution >= 4 is 17.6 Å². The number of benzene rings is 1. The third-order valence-electron chi connectivity index (χ3n) is 1.95. The van der Waals surface area contributed by atoms with Gasteiger partial charge in [0.05, 0.1) is 13.5 Å². The zero-order chi connectivity index (χ0) is 10.7. The molecule has 0 unspecified atom stereocenters. The van der Waals surface area contributed by atoms with Crippen LogP contribution in [0.4, 0.5) is 0 Å². The van der Waals surface area contributed by atoms with Crippen molar-refractivity contribution < 1.29 is 14.6 Å². The second-order valence-electron chi connectivity index (χ2n) is 2.98. The summed E-state index contributed by atoms with van der Waals surface area (Å²) in [6.07, 6.45) is 0.126. The Kier molecular flexibility index (Phi) is 3.36. The van der Waals surface area contributed by atoms with Crippen LogP contribution >= 0.6 is 11.6 Å². The second kappa shape index (κ2) is 4.33. The van der Waals surface area contributed by atoms with Gasteiger partial charge < -0.3 is 9.84 Å². The molecule has 1 aromatic carbocycles. The van der Waals surface area contributed by atoms with Crippen LogP contribution in [0.15, 0.2) is 12.1 Å². The lowest BCUT2D eigenvalue weighted by Crippen LogP contribution is -2.06. The lowest BCUT2D eigenvalue weighted by atomic mass is 10.1. The lowest BCUT2D eigenvalue weighted by Gasteiger charge is -2.07. The first-order chi connectivity index (χ1) is 6.54. The first kappa shape index (κ1) is 10.9. The van der Waals surface area contributed by atoms with E-state index in [-0.39, 0.29) is 18.1 Å². The number of phenols is 1. The fourth-order valence-electron chi connectivity index (χ4n) is 1.20. The van der Waals surface area contributed by atoms with Crippen LogP contribution in [0.25, 0.3) is 0 Å². The smallest absolute Gasteiger partial charge is 0.310 e. The number of halogens is 1. The number of carbonyl (C=O) groups is 1. The third kappa shape index (κ3) is 2.39. The quantitative estimate of drug-likeness (QED) is 0.767. The average Bonchev–Trinajstić information content (AvgIpc) is 2.10. The van der Waals surface area contributed by atoms with Gasteiger partial charge in [0.2, 0.25) is 0 Å². The molecule has 0 bridgehead atoms. The summed E-state index contributed by atoms with van der Waals surface area (Å²) >= 11 is 5.87. The minimum Gasteiger partial charge on any atom is -0.508 e. The predicted molar refractivity (Wildman–Crippen MR) is 53.6 cm³/mol. The molecule has 0 radical (unpaired) electrons. The first-order valence-electron chi connectivity index (χ1n) is 4.09. The Labute approximate surface area is 87.3 Å². The number of aromatic hydroxyl groups is 1. The maximum absolute atomic E-state index is 11.0. The molecule has 1 rings (SSSR count). The molecule has 4 heteroatoms. The van der Waals surface area contributed by atoms with Crippen LogP contribution in [-0.2, 0) is 16.0 Å². The molecular weight excluding hydrogens is 204 g/mol. The molecule has 1 aromatic rings. The average molecular weight is 215 g/mol. The molecule has 0 amide bonds. The molecule has 0 spiro atoms. The van der Waals surface area contributed by atoms with Gasteiger partial charge in [0.25, 0.3) is 0 Å². The number of aryl methyl sites for hydroxylation is 1. The number of carbonyl (C=O) groups excluding carboxylic acids is 1. The van der Waals surface area contributed by atoms with Crippen molar-refractivity contribution in [3.63, 3.8) is 0 Å². The molecule has 0 aliphatic heterocycles. The zero-order valence-corrected chi connectivity index (χ0v) is 8.76. The van der Waals surface area contributed by atoms with Crippen LogP contribution < -0.4 is 0 Å². The highest BCUT2D eigenvalue weighted by molar-refractivity contribution is 6.31. The summed E-state index contributed by atoms with van der Waals surface area (Å²) in [5.41, 5.74) is 1.47. The number of ether oxygens (including phenoxy) is 1. The van der Waals surface area contributed by atoms with Crippen molar-refractivity contribution in [3.8, 4) is 5.75 Å². The Morgan fingerprint density at radius 1 is 1.57 bits per heavy atom. The fraction of sp³-hybridized carbons (Fsp3) is 0.300. The third-order valence-corrected chi connectivity index (χ3v) is 2.29. The van der Waals surface area contributed by atoms with Crippen LogP contribution in [0, 0.1) is 6.92 Å². The van der Waals surface area contributed by atoms with E-state index in [1.165, 1.54) is 13.2 Å². The zero-order valence-electron chi connectivity index (χ0n) is 8.00. The van der Waals surface area contributed by atoms with Crippen molar-refractivity contribution in [1.29, 1.82) is 0 Å². The van der Waals surface area contributed by atoms with Crippen LogP contribution in [0.5, 0.6) is 5.75 Å². The molecule has 1 N–H and O–H groups in total. The molecule has 0 saturated carbocycles. The monoisotopic (exact) mass is 214 g/mol. The summed E-state index contributed by atoms with van der Waals surface area (Å²) in [7, 11) is 1.33. The second-order valence-corrected chi connectivity index (χ2v) is 3.38. The van der Waals surface area contributed by atoms with Crippen LogP contribution in [0.3, 0.4) is 0 Å². The fourth-order valence-corrected chi connectivity index (χ4v) is 1.52. The Bertz CT molecular complexity index is 337. The minimum atomic E-state index is -0.347. The number of phenolic OH excluding ortho intramolecular Hbond substituents is 1. The van der Waals surface area contributed by atoms with E-state index in [1.54, 1.807) is 13.0 Å². The summed E-state index contributed by atoms with van der Waals surface area (Å²) in [5, 5.41) is 9.59. The summed E-state index contributed by atoms with van der Waals surface area (Å²) in [6.45, 7) is 1.78. The molecule has 3 nitrogen and oxygen atoms in total. The Balaban J connectivity index is 3.02. The van der Waals surface area contributed by atoms with E-state index in [4.69, 9.17) is 11.6 Å². The number of rotatable bonds is 2. The van der Waals surface area contributed by atoms with Crippen LogP contribution in [0.1, 0.15) is 11.1 Å². The van der Waals surface area contributed by atoms with E-state index in [0.29, 0.717) is 10.6 Å². The summed E-state index contributed by atoms with van der Waals surface area (Å²) in [4.78, 5) is 11.0. The topological polar surface area (TPSA) is 46.5 Å². The van der Waals surface area contributed by atoms with Gasteiger partial charge in [0.15, 0.2) is 0 Å². The standard InChI is InChI=1S/C10H11ClO3/c1-6-3-7(12)4-9(11)8(6)5-10(13)14-2/h3-4,12H,5H2,1-2H3. The molecule has 0 saturated heterocycles. The van der Waals surface area contributed by atoms with E-state index in [1.807, 2.05) is 0 Å². The highest BCUT2D eigenvalue weighted by Gasteiger charge is 2.10. The van der Waals surface area contributed by atoms with Gasteiger partial charge in [0.1, 0.15) is 5.75 Å². The maximum Gasteiger partial charge on any atom is 0.310 e. The maximum atomic E-state index is 11.0. The summed E-state index contributed by atoms with van der Waals surface area (Å²) in [5.74, 6) is -0.248. The van der Waals surface area contributed by atoms with Crippen molar-refractivity contribution in [1.82, 2.24) is 0 Å². The van der Waals surface area contributed by atoms with Gasteiger partial charge in [-0.25, -0.2) is 0 Å². The Morgan fingerprint density at radius 2 is 2.21 bits per heavy atom. The number of methoxy groups -OCH3 is 1. The molecule has 76 valence electrons. The molecule has 0 atom stereocenters. The summed E-state index contributed by atoms with van der Waals surface area (Å²) in [6, 6.07) is 2.97. The highest BCUT2D eigenvalue weighted by Crippen LogP contribution is 2.26.